The third-order valence-electron chi connectivity index (χ3n) is 2.72. The molecule has 0 N–H and O–H groups in total. The van der Waals surface area contributed by atoms with Gasteiger partial charge in [0.1, 0.15) is 0 Å². The monoisotopic (exact) mass is 241 g/mol. The lowest BCUT2D eigenvalue weighted by Crippen LogP contribution is -2.04. The molecular formula is C11H9ClFNO2. The topological polar surface area (TPSA) is 38.7 Å². The minimum Gasteiger partial charge on any atom is -0.492 e. The van der Waals surface area contributed by atoms with E-state index in [2.05, 4.69) is 4.99 Å². The molecule has 0 amide bonds. The Kier molecular flexibility index (Phi) is 2.70. The number of nitrogens with zero attached hydrogens (tertiary/aromatic N) is 1. The van der Waals surface area contributed by atoms with Gasteiger partial charge in [0.2, 0.25) is 6.08 Å². The van der Waals surface area contributed by atoms with Crippen molar-refractivity contribution in [2.45, 2.75) is 18.4 Å². The minimum absolute atomic E-state index is 0.0105. The Bertz CT molecular complexity index is 456. The first-order chi connectivity index (χ1) is 7.63. The van der Waals surface area contributed by atoms with E-state index in [-0.39, 0.29) is 10.8 Å². The fraction of sp³-hybridized carbons (Fsp3) is 0.364. The lowest BCUT2D eigenvalue weighted by Gasteiger charge is -2.11. The van der Waals surface area contributed by atoms with Crippen molar-refractivity contribution in [2.75, 3.05) is 7.11 Å². The standard InChI is InChI=1S/C11H9ClFNO2/c1-16-10-8(12)4-7(5-9(10)13)11(2-3-11)14-6-15/h4-5H,2-3H2,1H3. The van der Waals surface area contributed by atoms with Gasteiger partial charge in [0, 0.05) is 0 Å². The number of hydrogen-bond acceptors (Lipinski definition) is 3. The molecule has 0 spiro atoms. The lowest BCUT2D eigenvalue weighted by atomic mass is 10.1. The summed E-state index contributed by atoms with van der Waals surface area (Å²) in [6, 6.07) is 2.88. The number of rotatable bonds is 3. The molecule has 1 aliphatic rings. The molecule has 16 heavy (non-hydrogen) atoms. The van der Waals surface area contributed by atoms with E-state index in [4.69, 9.17) is 16.3 Å². The summed E-state index contributed by atoms with van der Waals surface area (Å²) in [4.78, 5) is 14.0. The van der Waals surface area contributed by atoms with E-state index >= 15 is 0 Å². The molecule has 0 unspecified atom stereocenters. The summed E-state index contributed by atoms with van der Waals surface area (Å²) in [5.41, 5.74) is -0.0162. The summed E-state index contributed by atoms with van der Waals surface area (Å²) in [6.45, 7) is 0. The summed E-state index contributed by atoms with van der Waals surface area (Å²) >= 11 is 5.86. The zero-order chi connectivity index (χ0) is 11.8. The molecule has 1 aliphatic carbocycles. The molecule has 0 bridgehead atoms. The highest BCUT2D eigenvalue weighted by Gasteiger charge is 2.45. The van der Waals surface area contributed by atoms with Crippen LogP contribution in [0.3, 0.4) is 0 Å². The average molecular weight is 242 g/mol. The van der Waals surface area contributed by atoms with Crippen molar-refractivity contribution in [3.05, 3.63) is 28.5 Å². The average Bonchev–Trinajstić information content (AvgIpc) is 2.99. The molecule has 1 saturated carbocycles. The fourth-order valence-corrected chi connectivity index (χ4v) is 1.98. The fourth-order valence-electron chi connectivity index (χ4n) is 1.69. The van der Waals surface area contributed by atoms with Crippen molar-refractivity contribution in [3.8, 4) is 5.75 Å². The number of isocyanates is 1. The van der Waals surface area contributed by atoms with Gasteiger partial charge in [-0.1, -0.05) is 11.6 Å². The van der Waals surface area contributed by atoms with Crippen LogP contribution in [0.1, 0.15) is 18.4 Å². The summed E-state index contributed by atoms with van der Waals surface area (Å²) in [5.74, 6) is -0.534. The van der Waals surface area contributed by atoms with Gasteiger partial charge in [0.25, 0.3) is 0 Å². The predicted molar refractivity (Wildman–Crippen MR) is 57.0 cm³/mol. The Labute approximate surface area is 96.9 Å². The number of aliphatic imine (C=N–C) groups is 1. The van der Waals surface area contributed by atoms with Gasteiger partial charge in [-0.3, -0.25) is 0 Å². The van der Waals surface area contributed by atoms with Crippen molar-refractivity contribution in [1.82, 2.24) is 0 Å². The van der Waals surface area contributed by atoms with E-state index in [0.29, 0.717) is 18.4 Å². The largest absolute Gasteiger partial charge is 0.492 e. The van der Waals surface area contributed by atoms with Gasteiger partial charge in [0.05, 0.1) is 17.7 Å². The number of carbonyl (C=O) groups excluding carboxylic acids is 1. The zero-order valence-electron chi connectivity index (χ0n) is 8.59. The summed E-state index contributed by atoms with van der Waals surface area (Å²) in [5, 5.41) is 0.185. The van der Waals surface area contributed by atoms with E-state index in [1.54, 1.807) is 6.07 Å². The number of hydrogen-bond donors (Lipinski definition) is 0. The van der Waals surface area contributed by atoms with Gasteiger partial charge in [-0.25, -0.2) is 9.18 Å². The second kappa shape index (κ2) is 3.89. The second-order valence-electron chi connectivity index (χ2n) is 3.71. The maximum absolute atomic E-state index is 13.6. The highest BCUT2D eigenvalue weighted by atomic mass is 35.5. The van der Waals surface area contributed by atoms with Gasteiger partial charge < -0.3 is 4.74 Å². The second-order valence-corrected chi connectivity index (χ2v) is 4.12. The van der Waals surface area contributed by atoms with Crippen molar-refractivity contribution >= 4 is 17.7 Å². The molecule has 0 saturated heterocycles. The molecule has 84 valence electrons. The van der Waals surface area contributed by atoms with Crippen LogP contribution in [-0.4, -0.2) is 13.2 Å². The summed E-state index contributed by atoms with van der Waals surface area (Å²) < 4.78 is 18.4. The van der Waals surface area contributed by atoms with Crippen LogP contribution in [0.5, 0.6) is 5.75 Å². The van der Waals surface area contributed by atoms with E-state index in [9.17, 15) is 9.18 Å². The number of ether oxygens (including phenoxy) is 1. The van der Waals surface area contributed by atoms with Crippen LogP contribution in [-0.2, 0) is 10.3 Å². The van der Waals surface area contributed by atoms with Crippen LogP contribution in [0.2, 0.25) is 5.02 Å². The molecule has 0 aromatic heterocycles. The molecule has 1 aromatic carbocycles. The van der Waals surface area contributed by atoms with E-state index < -0.39 is 11.4 Å². The molecule has 1 fully saturated rings. The Morgan fingerprint density at radius 1 is 1.56 bits per heavy atom. The molecule has 0 heterocycles. The Morgan fingerprint density at radius 3 is 2.69 bits per heavy atom. The normalized spacial score (nSPS) is 16.4. The Hall–Kier alpha value is -1.38. The van der Waals surface area contributed by atoms with Gasteiger partial charge in [-0.15, -0.1) is 0 Å². The molecule has 1 aromatic rings. The Balaban J connectivity index is 2.48. The SMILES string of the molecule is COc1c(F)cc(C2(N=C=O)CC2)cc1Cl. The molecule has 0 radical (unpaired) electrons. The number of methoxy groups -OCH3 is 1. The third kappa shape index (κ3) is 1.70. The molecule has 2 rings (SSSR count). The summed E-state index contributed by atoms with van der Waals surface area (Å²) in [7, 11) is 1.35. The first kappa shape index (κ1) is 11.1. The van der Waals surface area contributed by atoms with Gasteiger partial charge in [0.15, 0.2) is 11.6 Å². The van der Waals surface area contributed by atoms with Crippen molar-refractivity contribution in [3.63, 3.8) is 0 Å². The summed E-state index contributed by atoms with van der Waals surface area (Å²) in [6.07, 6.45) is 2.94. The predicted octanol–water partition coefficient (Wildman–Crippen LogP) is 2.81. The third-order valence-corrected chi connectivity index (χ3v) is 3.00. The van der Waals surface area contributed by atoms with E-state index in [1.165, 1.54) is 19.3 Å². The van der Waals surface area contributed by atoms with Crippen LogP contribution in [0.4, 0.5) is 4.39 Å². The first-order valence-electron chi connectivity index (χ1n) is 4.75. The van der Waals surface area contributed by atoms with E-state index in [1.807, 2.05) is 0 Å². The number of benzene rings is 1. The van der Waals surface area contributed by atoms with Gasteiger partial charge in [-0.05, 0) is 30.5 Å². The van der Waals surface area contributed by atoms with Crippen molar-refractivity contribution < 1.29 is 13.9 Å². The maximum atomic E-state index is 13.6. The van der Waals surface area contributed by atoms with Crippen LogP contribution in [0.15, 0.2) is 17.1 Å². The molecule has 5 heteroatoms. The highest BCUT2D eigenvalue weighted by Crippen LogP contribution is 2.50. The van der Waals surface area contributed by atoms with Crippen molar-refractivity contribution in [2.24, 2.45) is 4.99 Å². The van der Waals surface area contributed by atoms with Gasteiger partial charge in [-0.2, -0.15) is 4.99 Å². The maximum Gasteiger partial charge on any atom is 0.235 e. The van der Waals surface area contributed by atoms with Crippen LogP contribution < -0.4 is 4.74 Å². The number of halogens is 2. The Morgan fingerprint density at radius 2 is 2.25 bits per heavy atom. The quantitative estimate of drug-likeness (QED) is 0.603. The van der Waals surface area contributed by atoms with Gasteiger partial charge >= 0.3 is 0 Å². The van der Waals surface area contributed by atoms with Crippen LogP contribution >= 0.6 is 11.6 Å². The molecule has 3 nitrogen and oxygen atoms in total. The zero-order valence-corrected chi connectivity index (χ0v) is 9.34. The molecule has 0 atom stereocenters. The lowest BCUT2D eigenvalue weighted by molar-refractivity contribution is 0.386. The highest BCUT2D eigenvalue weighted by molar-refractivity contribution is 6.32. The minimum atomic E-state index is -0.613. The first-order valence-corrected chi connectivity index (χ1v) is 5.13. The van der Waals surface area contributed by atoms with Crippen molar-refractivity contribution in [1.29, 1.82) is 0 Å². The van der Waals surface area contributed by atoms with Crippen LogP contribution in [0.25, 0.3) is 0 Å². The molecule has 0 aliphatic heterocycles. The van der Waals surface area contributed by atoms with Crippen LogP contribution in [0, 0.1) is 5.82 Å². The molecular weight excluding hydrogens is 233 g/mol. The van der Waals surface area contributed by atoms with E-state index in [0.717, 1.165) is 0 Å². The smallest absolute Gasteiger partial charge is 0.235 e.